The third-order valence-electron chi connectivity index (χ3n) is 2.77. The summed E-state index contributed by atoms with van der Waals surface area (Å²) in [5.41, 5.74) is 0. The summed E-state index contributed by atoms with van der Waals surface area (Å²) in [6.07, 6.45) is 0. The van der Waals surface area contributed by atoms with Crippen LogP contribution >= 0.6 is 46.1 Å². The minimum atomic E-state index is -1.53. The monoisotopic (exact) mass is 341 g/mol. The van der Waals surface area contributed by atoms with E-state index in [1.165, 1.54) is 11.3 Å². The van der Waals surface area contributed by atoms with Crippen molar-refractivity contribution >= 4 is 51.1 Å². The van der Waals surface area contributed by atoms with E-state index >= 15 is 0 Å². The summed E-state index contributed by atoms with van der Waals surface area (Å²) in [4.78, 5) is 2.86. The molecular formula is C9H10Cl3N5OS. The van der Waals surface area contributed by atoms with Crippen molar-refractivity contribution in [3.63, 3.8) is 0 Å². The van der Waals surface area contributed by atoms with E-state index in [1.54, 1.807) is 4.52 Å². The van der Waals surface area contributed by atoms with E-state index in [9.17, 15) is 0 Å². The molecule has 3 heterocycles. The molecule has 2 aromatic heterocycles. The molecule has 0 saturated carbocycles. The van der Waals surface area contributed by atoms with Crippen LogP contribution in [0.25, 0.3) is 4.96 Å². The summed E-state index contributed by atoms with van der Waals surface area (Å²) in [5.74, 6) is 0.744. The quantitative estimate of drug-likeness (QED) is 0.780. The predicted octanol–water partition coefficient (Wildman–Crippen LogP) is 1.84. The molecule has 0 bridgehead atoms. The number of fused-ring (bicyclic) bond motifs is 1. The third-order valence-corrected chi connectivity index (χ3v) is 4.66. The van der Waals surface area contributed by atoms with Gasteiger partial charge in [0.25, 0.3) is 0 Å². The molecule has 1 aliphatic heterocycles. The average Bonchev–Trinajstić information content (AvgIpc) is 2.92. The topological polar surface area (TPSA) is 55.5 Å². The number of halogens is 3. The molecule has 0 aromatic carbocycles. The van der Waals surface area contributed by atoms with Gasteiger partial charge in [0.15, 0.2) is 10.8 Å². The highest BCUT2D eigenvalue weighted by Crippen LogP contribution is 2.40. The fourth-order valence-electron chi connectivity index (χ4n) is 1.83. The zero-order valence-corrected chi connectivity index (χ0v) is 12.8. The summed E-state index contributed by atoms with van der Waals surface area (Å²) < 4.78 is 5.41. The number of aromatic nitrogens is 4. The molecule has 19 heavy (non-hydrogen) atoms. The van der Waals surface area contributed by atoms with Crippen molar-refractivity contribution in [2.75, 3.05) is 26.3 Å². The van der Waals surface area contributed by atoms with Crippen LogP contribution in [-0.4, -0.2) is 51.0 Å². The average molecular weight is 343 g/mol. The molecule has 1 aliphatic rings. The van der Waals surface area contributed by atoms with E-state index in [0.717, 1.165) is 32.1 Å². The minimum Gasteiger partial charge on any atom is -0.379 e. The fourth-order valence-corrected chi connectivity index (χ4v) is 3.02. The molecule has 104 valence electrons. The van der Waals surface area contributed by atoms with Gasteiger partial charge in [-0.15, -0.1) is 10.2 Å². The van der Waals surface area contributed by atoms with Crippen LogP contribution in [0.15, 0.2) is 0 Å². The highest BCUT2D eigenvalue weighted by Gasteiger charge is 2.29. The van der Waals surface area contributed by atoms with Gasteiger partial charge in [-0.25, -0.2) is 0 Å². The molecule has 0 spiro atoms. The Morgan fingerprint density at radius 2 is 1.95 bits per heavy atom. The lowest BCUT2D eigenvalue weighted by Gasteiger charge is -2.25. The van der Waals surface area contributed by atoms with Gasteiger partial charge in [-0.3, -0.25) is 4.90 Å². The highest BCUT2D eigenvalue weighted by atomic mass is 35.6. The van der Waals surface area contributed by atoms with Gasteiger partial charge in [0.1, 0.15) is 0 Å². The molecule has 10 heteroatoms. The maximum atomic E-state index is 5.82. The number of morpholine rings is 1. The van der Waals surface area contributed by atoms with E-state index in [4.69, 9.17) is 39.5 Å². The highest BCUT2D eigenvalue weighted by molar-refractivity contribution is 7.17. The Balaban J connectivity index is 1.85. The number of rotatable bonds is 2. The zero-order valence-electron chi connectivity index (χ0n) is 9.72. The third kappa shape index (κ3) is 2.96. The summed E-state index contributed by atoms with van der Waals surface area (Å²) in [5, 5.41) is 12.8. The lowest BCUT2D eigenvalue weighted by Crippen LogP contribution is -2.36. The lowest BCUT2D eigenvalue weighted by atomic mass is 10.4. The zero-order chi connectivity index (χ0) is 13.5. The number of nitrogens with zero attached hydrogens (tertiary/aromatic N) is 5. The van der Waals surface area contributed by atoms with Crippen LogP contribution in [0.3, 0.4) is 0 Å². The second kappa shape index (κ2) is 5.31. The van der Waals surface area contributed by atoms with Crippen molar-refractivity contribution in [2.45, 2.75) is 10.3 Å². The van der Waals surface area contributed by atoms with Crippen molar-refractivity contribution in [1.82, 2.24) is 24.7 Å². The molecule has 0 radical (unpaired) electrons. The van der Waals surface area contributed by atoms with Gasteiger partial charge in [-0.05, 0) is 0 Å². The van der Waals surface area contributed by atoms with Crippen LogP contribution in [0.5, 0.6) is 0 Å². The predicted molar refractivity (Wildman–Crippen MR) is 74.0 cm³/mol. The first-order valence-corrected chi connectivity index (χ1v) is 7.57. The van der Waals surface area contributed by atoms with E-state index < -0.39 is 3.79 Å². The maximum Gasteiger partial charge on any atom is 0.243 e. The van der Waals surface area contributed by atoms with Crippen LogP contribution in [-0.2, 0) is 15.1 Å². The summed E-state index contributed by atoms with van der Waals surface area (Å²) >= 11 is 18.7. The van der Waals surface area contributed by atoms with Crippen LogP contribution < -0.4 is 0 Å². The first-order valence-electron chi connectivity index (χ1n) is 5.62. The second-order valence-corrected chi connectivity index (χ2v) is 7.34. The number of ether oxygens (including phenoxy) is 1. The molecule has 0 N–H and O–H groups in total. The molecule has 6 nitrogen and oxygen atoms in total. The smallest absolute Gasteiger partial charge is 0.243 e. The maximum absolute atomic E-state index is 5.82. The molecule has 2 aromatic rings. The normalized spacial score (nSPS) is 18.3. The Morgan fingerprint density at radius 3 is 2.63 bits per heavy atom. The van der Waals surface area contributed by atoms with Gasteiger partial charge in [0.05, 0.1) is 19.8 Å². The summed E-state index contributed by atoms with van der Waals surface area (Å²) in [6, 6.07) is 0. The van der Waals surface area contributed by atoms with Crippen molar-refractivity contribution in [2.24, 2.45) is 0 Å². The molecule has 0 amide bonds. The second-order valence-electron chi connectivity index (χ2n) is 4.10. The lowest BCUT2D eigenvalue weighted by molar-refractivity contribution is 0.0328. The number of hydrogen-bond acceptors (Lipinski definition) is 6. The Bertz CT molecular complexity index is 574. The summed E-state index contributed by atoms with van der Waals surface area (Å²) in [7, 11) is 0. The van der Waals surface area contributed by atoms with Gasteiger partial charge in [-0.1, -0.05) is 46.1 Å². The Morgan fingerprint density at radius 1 is 1.21 bits per heavy atom. The van der Waals surface area contributed by atoms with Crippen molar-refractivity contribution in [3.05, 3.63) is 10.8 Å². The fraction of sp³-hybridized carbons (Fsp3) is 0.667. The molecule has 1 saturated heterocycles. The number of hydrogen-bond donors (Lipinski definition) is 0. The van der Waals surface area contributed by atoms with Gasteiger partial charge in [0.2, 0.25) is 8.75 Å². The molecular weight excluding hydrogens is 333 g/mol. The number of alkyl halides is 3. The molecule has 1 fully saturated rings. The van der Waals surface area contributed by atoms with Crippen LogP contribution in [0, 0.1) is 0 Å². The minimum absolute atomic E-state index is 0.394. The first kappa shape index (κ1) is 13.8. The standard InChI is InChI=1S/C9H10Cl3N5OS/c10-9(11,12)7-15-17-6(13-14-8(17)19-7)5-16-1-3-18-4-2-16/h1-5H2. The SMILES string of the molecule is ClC(Cl)(Cl)c1nn2c(CN3CCOCC3)nnc2s1. The van der Waals surface area contributed by atoms with Crippen molar-refractivity contribution in [1.29, 1.82) is 0 Å². The van der Waals surface area contributed by atoms with Crippen LogP contribution in [0.1, 0.15) is 10.8 Å². The largest absolute Gasteiger partial charge is 0.379 e. The van der Waals surface area contributed by atoms with Gasteiger partial charge >= 0.3 is 0 Å². The van der Waals surface area contributed by atoms with Gasteiger partial charge < -0.3 is 4.74 Å². The van der Waals surface area contributed by atoms with E-state index in [-0.39, 0.29) is 0 Å². The Hall–Kier alpha value is -0.180. The Labute approximate surface area is 128 Å². The van der Waals surface area contributed by atoms with E-state index in [1.807, 2.05) is 0 Å². The summed E-state index contributed by atoms with van der Waals surface area (Å²) in [6.45, 7) is 3.87. The Kier molecular flexibility index (Phi) is 3.85. The van der Waals surface area contributed by atoms with E-state index in [2.05, 4.69) is 20.2 Å². The molecule has 0 unspecified atom stereocenters. The van der Waals surface area contributed by atoms with Gasteiger partial charge in [-0.2, -0.15) is 9.61 Å². The molecule has 0 atom stereocenters. The van der Waals surface area contributed by atoms with Crippen LogP contribution in [0.4, 0.5) is 0 Å². The van der Waals surface area contributed by atoms with Crippen molar-refractivity contribution < 1.29 is 4.74 Å². The van der Waals surface area contributed by atoms with Crippen LogP contribution in [0.2, 0.25) is 0 Å². The first-order chi connectivity index (χ1) is 9.04. The van der Waals surface area contributed by atoms with E-state index in [0.29, 0.717) is 16.5 Å². The molecule has 3 rings (SSSR count). The molecule has 0 aliphatic carbocycles. The van der Waals surface area contributed by atoms with Crippen molar-refractivity contribution in [3.8, 4) is 0 Å². The van der Waals surface area contributed by atoms with Gasteiger partial charge in [0, 0.05) is 13.1 Å².